The van der Waals surface area contributed by atoms with Crippen molar-refractivity contribution in [2.45, 2.75) is 13.0 Å². The van der Waals surface area contributed by atoms with Gasteiger partial charge in [0.1, 0.15) is 0 Å². The number of ether oxygens (including phenoxy) is 2. The molecule has 80 valence electrons. The molecule has 0 bridgehead atoms. The van der Waals surface area contributed by atoms with Crippen LogP contribution in [0.15, 0.2) is 0 Å². The predicted octanol–water partition coefficient (Wildman–Crippen LogP) is -0.0716. The summed E-state index contributed by atoms with van der Waals surface area (Å²) in [5, 5.41) is 0. The second kappa shape index (κ2) is 8.44. The van der Waals surface area contributed by atoms with Crippen molar-refractivity contribution >= 4 is 0 Å². The van der Waals surface area contributed by atoms with E-state index in [-0.39, 0.29) is 6.10 Å². The van der Waals surface area contributed by atoms with E-state index in [0.717, 1.165) is 26.3 Å². The fraction of sp³-hybridized carbons (Fsp3) is 1.00. The van der Waals surface area contributed by atoms with Crippen molar-refractivity contribution in [2.75, 3.05) is 47.0 Å². The SMILES string of the molecule is CCOC(CN)CN(C)CCOC. The number of hydrogen-bond acceptors (Lipinski definition) is 4. The van der Waals surface area contributed by atoms with Crippen molar-refractivity contribution in [1.82, 2.24) is 4.90 Å². The zero-order chi connectivity index (χ0) is 10.1. The van der Waals surface area contributed by atoms with Crippen LogP contribution in [0.1, 0.15) is 6.92 Å². The van der Waals surface area contributed by atoms with Crippen LogP contribution >= 0.6 is 0 Å². The molecule has 0 heterocycles. The Kier molecular flexibility index (Phi) is 8.33. The maximum atomic E-state index is 5.55. The largest absolute Gasteiger partial charge is 0.383 e. The van der Waals surface area contributed by atoms with E-state index in [1.807, 2.05) is 14.0 Å². The molecule has 0 aromatic carbocycles. The monoisotopic (exact) mass is 190 g/mol. The van der Waals surface area contributed by atoms with Crippen LogP contribution in [0.4, 0.5) is 0 Å². The van der Waals surface area contributed by atoms with Crippen LogP contribution in [-0.4, -0.2) is 58.0 Å². The zero-order valence-electron chi connectivity index (χ0n) is 8.95. The fourth-order valence-electron chi connectivity index (χ4n) is 1.12. The van der Waals surface area contributed by atoms with Crippen molar-refractivity contribution in [3.05, 3.63) is 0 Å². The van der Waals surface area contributed by atoms with Gasteiger partial charge in [0.05, 0.1) is 12.7 Å². The summed E-state index contributed by atoms with van der Waals surface area (Å²) < 4.78 is 10.4. The molecule has 2 N–H and O–H groups in total. The normalized spacial score (nSPS) is 13.6. The van der Waals surface area contributed by atoms with Crippen LogP contribution in [-0.2, 0) is 9.47 Å². The minimum atomic E-state index is 0.145. The molecule has 4 nitrogen and oxygen atoms in total. The van der Waals surface area contributed by atoms with Crippen molar-refractivity contribution in [2.24, 2.45) is 5.73 Å². The van der Waals surface area contributed by atoms with Gasteiger partial charge in [-0.1, -0.05) is 0 Å². The maximum absolute atomic E-state index is 5.55. The van der Waals surface area contributed by atoms with Gasteiger partial charge in [0.2, 0.25) is 0 Å². The minimum Gasteiger partial charge on any atom is -0.383 e. The van der Waals surface area contributed by atoms with Crippen LogP contribution in [0.5, 0.6) is 0 Å². The fourth-order valence-corrected chi connectivity index (χ4v) is 1.12. The Morgan fingerprint density at radius 1 is 1.46 bits per heavy atom. The third-order valence-electron chi connectivity index (χ3n) is 1.86. The molecular weight excluding hydrogens is 168 g/mol. The molecule has 4 heteroatoms. The first-order chi connectivity index (χ1) is 6.24. The molecule has 0 saturated carbocycles. The van der Waals surface area contributed by atoms with Gasteiger partial charge in [-0.3, -0.25) is 0 Å². The number of likely N-dealkylation sites (N-methyl/N-ethyl adjacent to an activating group) is 1. The molecule has 0 aromatic heterocycles. The van der Waals surface area contributed by atoms with E-state index in [4.69, 9.17) is 15.2 Å². The van der Waals surface area contributed by atoms with Crippen LogP contribution in [0, 0.1) is 0 Å². The molecule has 0 amide bonds. The molecule has 0 aliphatic heterocycles. The van der Waals surface area contributed by atoms with Crippen LogP contribution < -0.4 is 5.73 Å². The summed E-state index contributed by atoms with van der Waals surface area (Å²) in [5.74, 6) is 0. The number of hydrogen-bond donors (Lipinski definition) is 1. The summed E-state index contributed by atoms with van der Waals surface area (Å²) in [4.78, 5) is 2.16. The van der Waals surface area contributed by atoms with Crippen molar-refractivity contribution < 1.29 is 9.47 Å². The van der Waals surface area contributed by atoms with Gasteiger partial charge >= 0.3 is 0 Å². The van der Waals surface area contributed by atoms with Gasteiger partial charge in [-0.05, 0) is 14.0 Å². The average molecular weight is 190 g/mol. The number of methoxy groups -OCH3 is 1. The van der Waals surface area contributed by atoms with Gasteiger partial charge in [-0.25, -0.2) is 0 Å². The van der Waals surface area contributed by atoms with Crippen molar-refractivity contribution in [3.8, 4) is 0 Å². The molecule has 0 aliphatic rings. The van der Waals surface area contributed by atoms with E-state index in [9.17, 15) is 0 Å². The first-order valence-corrected chi connectivity index (χ1v) is 4.73. The lowest BCUT2D eigenvalue weighted by atomic mass is 10.3. The molecule has 0 saturated heterocycles. The van der Waals surface area contributed by atoms with Gasteiger partial charge < -0.3 is 20.1 Å². The Hall–Kier alpha value is -0.160. The number of rotatable bonds is 8. The van der Waals surface area contributed by atoms with E-state index in [1.54, 1.807) is 7.11 Å². The molecule has 13 heavy (non-hydrogen) atoms. The molecule has 0 aliphatic carbocycles. The lowest BCUT2D eigenvalue weighted by Crippen LogP contribution is -2.37. The minimum absolute atomic E-state index is 0.145. The molecule has 0 spiro atoms. The quantitative estimate of drug-likeness (QED) is 0.582. The van der Waals surface area contributed by atoms with Gasteiger partial charge in [-0.15, -0.1) is 0 Å². The highest BCUT2D eigenvalue weighted by Crippen LogP contribution is 1.93. The topological polar surface area (TPSA) is 47.7 Å². The summed E-state index contributed by atoms with van der Waals surface area (Å²) in [6.07, 6.45) is 0.145. The van der Waals surface area contributed by atoms with E-state index in [0.29, 0.717) is 6.54 Å². The first kappa shape index (κ1) is 12.8. The highest BCUT2D eigenvalue weighted by Gasteiger charge is 2.08. The molecule has 1 atom stereocenters. The average Bonchev–Trinajstić information content (AvgIpc) is 2.14. The zero-order valence-corrected chi connectivity index (χ0v) is 8.95. The Morgan fingerprint density at radius 3 is 2.62 bits per heavy atom. The lowest BCUT2D eigenvalue weighted by Gasteiger charge is -2.22. The second-order valence-corrected chi connectivity index (χ2v) is 3.07. The molecule has 0 aromatic rings. The van der Waals surface area contributed by atoms with Gasteiger partial charge in [0.15, 0.2) is 0 Å². The van der Waals surface area contributed by atoms with Gasteiger partial charge in [0.25, 0.3) is 0 Å². The standard InChI is InChI=1S/C9H22N2O2/c1-4-13-9(7-10)8-11(2)5-6-12-3/h9H,4-8,10H2,1-3H3. The Bertz CT molecular complexity index is 112. The van der Waals surface area contributed by atoms with Crippen molar-refractivity contribution in [1.29, 1.82) is 0 Å². The first-order valence-electron chi connectivity index (χ1n) is 4.73. The summed E-state index contributed by atoms with van der Waals surface area (Å²) in [7, 11) is 3.75. The summed E-state index contributed by atoms with van der Waals surface area (Å²) >= 11 is 0. The smallest absolute Gasteiger partial charge is 0.0823 e. The highest BCUT2D eigenvalue weighted by molar-refractivity contribution is 4.63. The third kappa shape index (κ3) is 6.95. The van der Waals surface area contributed by atoms with E-state index >= 15 is 0 Å². The second-order valence-electron chi connectivity index (χ2n) is 3.07. The molecule has 0 radical (unpaired) electrons. The van der Waals surface area contributed by atoms with Crippen LogP contribution in [0.2, 0.25) is 0 Å². The summed E-state index contributed by atoms with van der Waals surface area (Å²) in [5.41, 5.74) is 5.55. The summed E-state index contributed by atoms with van der Waals surface area (Å²) in [6.45, 7) is 5.82. The lowest BCUT2D eigenvalue weighted by molar-refractivity contribution is 0.0396. The van der Waals surface area contributed by atoms with Gasteiger partial charge in [0, 0.05) is 33.4 Å². The number of nitrogens with zero attached hydrogens (tertiary/aromatic N) is 1. The predicted molar refractivity (Wildman–Crippen MR) is 53.8 cm³/mol. The Balaban J connectivity index is 3.53. The molecule has 1 unspecified atom stereocenters. The van der Waals surface area contributed by atoms with Crippen LogP contribution in [0.25, 0.3) is 0 Å². The molecule has 0 fully saturated rings. The third-order valence-corrected chi connectivity index (χ3v) is 1.86. The van der Waals surface area contributed by atoms with Gasteiger partial charge in [-0.2, -0.15) is 0 Å². The molecular formula is C9H22N2O2. The Labute approximate surface area is 81.0 Å². The van der Waals surface area contributed by atoms with E-state index < -0.39 is 0 Å². The maximum Gasteiger partial charge on any atom is 0.0823 e. The van der Waals surface area contributed by atoms with E-state index in [2.05, 4.69) is 4.90 Å². The number of nitrogens with two attached hydrogens (primary N) is 1. The Morgan fingerprint density at radius 2 is 2.15 bits per heavy atom. The highest BCUT2D eigenvalue weighted by atomic mass is 16.5. The molecule has 0 rings (SSSR count). The van der Waals surface area contributed by atoms with Crippen LogP contribution in [0.3, 0.4) is 0 Å². The van der Waals surface area contributed by atoms with Crippen molar-refractivity contribution in [3.63, 3.8) is 0 Å². The van der Waals surface area contributed by atoms with E-state index in [1.165, 1.54) is 0 Å². The summed E-state index contributed by atoms with van der Waals surface area (Å²) in [6, 6.07) is 0.